The quantitative estimate of drug-likeness (QED) is 0.783. The maximum absolute atomic E-state index is 12.3. The third-order valence-corrected chi connectivity index (χ3v) is 4.50. The molecule has 0 bridgehead atoms. The Morgan fingerprint density at radius 2 is 2.11 bits per heavy atom. The van der Waals surface area contributed by atoms with Crippen molar-refractivity contribution in [1.29, 1.82) is 0 Å². The Bertz CT molecular complexity index is 410. The Hall–Kier alpha value is -1.04. The number of amides is 1. The molecule has 1 amide bonds. The average molecular weight is 268 g/mol. The van der Waals surface area contributed by atoms with Gasteiger partial charge in [0.05, 0.1) is 5.75 Å². The van der Waals surface area contributed by atoms with E-state index in [1.165, 1.54) is 18.2 Å². The summed E-state index contributed by atoms with van der Waals surface area (Å²) >= 11 is 1.46. The van der Waals surface area contributed by atoms with E-state index in [0.29, 0.717) is 17.8 Å². The van der Waals surface area contributed by atoms with Crippen LogP contribution in [0, 0.1) is 0 Å². The summed E-state index contributed by atoms with van der Waals surface area (Å²) in [6.45, 7) is 4.28. The van der Waals surface area contributed by atoms with Crippen LogP contribution in [-0.2, 0) is 11.8 Å². The smallest absolute Gasteiger partial charge is 0.233 e. The van der Waals surface area contributed by atoms with Gasteiger partial charge in [0.25, 0.3) is 0 Å². The number of thioether (sulfide) groups is 1. The monoisotopic (exact) mass is 268 g/mol. The summed E-state index contributed by atoms with van der Waals surface area (Å²) in [4.78, 5) is 14.3. The van der Waals surface area contributed by atoms with Crippen molar-refractivity contribution in [3.8, 4) is 0 Å². The molecule has 0 aromatic carbocycles. The van der Waals surface area contributed by atoms with Crippen molar-refractivity contribution >= 4 is 17.7 Å². The first kappa shape index (κ1) is 13.4. The molecular weight excluding hydrogens is 248 g/mol. The highest BCUT2D eigenvalue weighted by Crippen LogP contribution is 2.24. The van der Waals surface area contributed by atoms with Crippen molar-refractivity contribution in [2.75, 3.05) is 5.75 Å². The molecule has 0 spiro atoms. The molecule has 1 aromatic heterocycles. The topological polar surface area (TPSA) is 51.0 Å². The number of rotatable bonds is 3. The molecular formula is C12H20N4OS. The van der Waals surface area contributed by atoms with Gasteiger partial charge in [0.15, 0.2) is 5.16 Å². The van der Waals surface area contributed by atoms with Gasteiger partial charge in [-0.2, -0.15) is 0 Å². The SMILES string of the molecule is C[C@H]1CCC[C@H](C)N1C(=O)CSc1nncn1C. The molecule has 2 heterocycles. The van der Waals surface area contributed by atoms with Crippen LogP contribution in [0.1, 0.15) is 33.1 Å². The zero-order valence-electron chi connectivity index (χ0n) is 11.2. The molecule has 1 saturated heterocycles. The van der Waals surface area contributed by atoms with Gasteiger partial charge in [0.2, 0.25) is 5.91 Å². The van der Waals surface area contributed by atoms with E-state index in [-0.39, 0.29) is 5.91 Å². The predicted molar refractivity (Wildman–Crippen MR) is 71.3 cm³/mol. The maximum Gasteiger partial charge on any atom is 0.233 e. The molecule has 0 aliphatic carbocycles. The van der Waals surface area contributed by atoms with E-state index in [1.54, 1.807) is 6.33 Å². The minimum atomic E-state index is 0.211. The normalized spacial score (nSPS) is 24.3. The van der Waals surface area contributed by atoms with Gasteiger partial charge in [-0.05, 0) is 33.1 Å². The fourth-order valence-corrected chi connectivity index (χ4v) is 3.27. The van der Waals surface area contributed by atoms with E-state index in [4.69, 9.17) is 0 Å². The maximum atomic E-state index is 12.3. The van der Waals surface area contributed by atoms with Crippen LogP contribution < -0.4 is 0 Å². The minimum Gasteiger partial charge on any atom is -0.337 e. The highest BCUT2D eigenvalue weighted by Gasteiger charge is 2.28. The summed E-state index contributed by atoms with van der Waals surface area (Å²) in [7, 11) is 1.89. The number of aromatic nitrogens is 3. The fraction of sp³-hybridized carbons (Fsp3) is 0.750. The van der Waals surface area contributed by atoms with Crippen molar-refractivity contribution < 1.29 is 4.79 Å². The fourth-order valence-electron chi connectivity index (χ4n) is 2.52. The largest absolute Gasteiger partial charge is 0.337 e. The molecule has 2 rings (SSSR count). The Morgan fingerprint density at radius 1 is 1.44 bits per heavy atom. The number of carbonyl (C=O) groups excluding carboxylic acids is 1. The van der Waals surface area contributed by atoms with Crippen LogP contribution in [0.5, 0.6) is 0 Å². The van der Waals surface area contributed by atoms with Crippen LogP contribution in [0.3, 0.4) is 0 Å². The number of carbonyl (C=O) groups is 1. The van der Waals surface area contributed by atoms with Gasteiger partial charge < -0.3 is 9.47 Å². The lowest BCUT2D eigenvalue weighted by molar-refractivity contribution is -0.134. The second kappa shape index (κ2) is 5.73. The Labute approximate surface area is 112 Å². The van der Waals surface area contributed by atoms with E-state index in [9.17, 15) is 4.79 Å². The van der Waals surface area contributed by atoms with Gasteiger partial charge in [0, 0.05) is 19.1 Å². The number of likely N-dealkylation sites (tertiary alicyclic amines) is 1. The molecule has 18 heavy (non-hydrogen) atoms. The number of nitrogens with zero attached hydrogens (tertiary/aromatic N) is 4. The van der Waals surface area contributed by atoms with E-state index in [0.717, 1.165) is 18.0 Å². The molecule has 0 saturated carbocycles. The number of hydrogen-bond donors (Lipinski definition) is 0. The zero-order chi connectivity index (χ0) is 13.1. The molecule has 1 aliphatic heterocycles. The molecule has 100 valence electrons. The second-order valence-corrected chi connectivity index (χ2v) is 5.89. The highest BCUT2D eigenvalue weighted by atomic mass is 32.2. The van der Waals surface area contributed by atoms with Gasteiger partial charge in [-0.1, -0.05) is 11.8 Å². The van der Waals surface area contributed by atoms with Crippen LogP contribution in [-0.4, -0.2) is 43.4 Å². The summed E-state index contributed by atoms with van der Waals surface area (Å²) in [6.07, 6.45) is 5.11. The molecule has 0 N–H and O–H groups in total. The summed E-state index contributed by atoms with van der Waals surface area (Å²) in [6, 6.07) is 0.725. The van der Waals surface area contributed by atoms with Gasteiger partial charge in [-0.3, -0.25) is 4.79 Å². The summed E-state index contributed by atoms with van der Waals surface area (Å²) in [5.74, 6) is 0.656. The Balaban J connectivity index is 1.93. The third-order valence-electron chi connectivity index (χ3n) is 3.48. The number of piperidine rings is 1. The van der Waals surface area contributed by atoms with Crippen molar-refractivity contribution in [3.05, 3.63) is 6.33 Å². The highest BCUT2D eigenvalue weighted by molar-refractivity contribution is 7.99. The molecule has 5 nitrogen and oxygen atoms in total. The van der Waals surface area contributed by atoms with Gasteiger partial charge in [-0.25, -0.2) is 0 Å². The molecule has 0 radical (unpaired) electrons. The van der Waals surface area contributed by atoms with E-state index in [1.807, 2.05) is 16.5 Å². The first-order valence-corrected chi connectivity index (χ1v) is 7.36. The standard InChI is InChI=1S/C12H20N4OS/c1-9-5-4-6-10(2)16(9)11(17)7-18-12-14-13-8-15(12)3/h8-10H,4-7H2,1-3H3/t9-,10-/m0/s1. The van der Waals surface area contributed by atoms with Crippen molar-refractivity contribution in [2.24, 2.45) is 7.05 Å². The Kier molecular flexibility index (Phi) is 4.27. The van der Waals surface area contributed by atoms with Crippen molar-refractivity contribution in [1.82, 2.24) is 19.7 Å². The zero-order valence-corrected chi connectivity index (χ0v) is 12.0. The summed E-state index contributed by atoms with van der Waals surface area (Å²) < 4.78 is 1.83. The lowest BCUT2D eigenvalue weighted by Crippen LogP contribution is -2.48. The third kappa shape index (κ3) is 2.85. The van der Waals surface area contributed by atoms with Gasteiger partial charge in [0.1, 0.15) is 6.33 Å². The molecule has 0 unspecified atom stereocenters. The first-order chi connectivity index (χ1) is 8.59. The van der Waals surface area contributed by atoms with E-state index >= 15 is 0 Å². The number of aryl methyl sites for hydroxylation is 1. The molecule has 1 fully saturated rings. The first-order valence-electron chi connectivity index (χ1n) is 6.37. The lowest BCUT2D eigenvalue weighted by atomic mass is 9.98. The van der Waals surface area contributed by atoms with Crippen LogP contribution in [0.15, 0.2) is 11.5 Å². The van der Waals surface area contributed by atoms with Crippen LogP contribution in [0.25, 0.3) is 0 Å². The van der Waals surface area contributed by atoms with E-state index < -0.39 is 0 Å². The van der Waals surface area contributed by atoms with Gasteiger partial charge >= 0.3 is 0 Å². The second-order valence-electron chi connectivity index (χ2n) is 4.94. The minimum absolute atomic E-state index is 0.211. The van der Waals surface area contributed by atoms with Crippen LogP contribution in [0.2, 0.25) is 0 Å². The Morgan fingerprint density at radius 3 is 2.67 bits per heavy atom. The predicted octanol–water partition coefficient (Wildman–Crippen LogP) is 1.70. The molecule has 6 heteroatoms. The summed E-state index contributed by atoms with van der Waals surface area (Å²) in [5, 5.41) is 8.58. The lowest BCUT2D eigenvalue weighted by Gasteiger charge is -2.39. The molecule has 1 aliphatic rings. The van der Waals surface area contributed by atoms with Gasteiger partial charge in [-0.15, -0.1) is 10.2 Å². The van der Waals surface area contributed by atoms with Crippen molar-refractivity contribution in [3.63, 3.8) is 0 Å². The van der Waals surface area contributed by atoms with Crippen molar-refractivity contribution in [2.45, 2.75) is 50.4 Å². The van der Waals surface area contributed by atoms with Crippen LogP contribution in [0.4, 0.5) is 0 Å². The summed E-state index contributed by atoms with van der Waals surface area (Å²) in [5.41, 5.74) is 0. The van der Waals surface area contributed by atoms with Crippen LogP contribution >= 0.6 is 11.8 Å². The number of hydrogen-bond acceptors (Lipinski definition) is 4. The molecule has 2 atom stereocenters. The average Bonchev–Trinajstić information content (AvgIpc) is 2.72. The van der Waals surface area contributed by atoms with E-state index in [2.05, 4.69) is 24.0 Å². The molecule has 1 aromatic rings.